The average molecular weight is 262 g/mol. The van der Waals surface area contributed by atoms with Gasteiger partial charge >= 0.3 is 0 Å². The first-order valence-electron chi connectivity index (χ1n) is 5.17. The second-order valence-electron chi connectivity index (χ2n) is 4.17. The van der Waals surface area contributed by atoms with Gasteiger partial charge in [-0.3, -0.25) is 5.10 Å². The smallest absolute Gasteiger partial charge is 0.258 e. The Labute approximate surface area is 101 Å². The topological polar surface area (TPSA) is 98.3 Å². The van der Waals surface area contributed by atoms with Gasteiger partial charge in [0.25, 0.3) is 10.0 Å². The van der Waals surface area contributed by atoms with E-state index < -0.39 is 10.0 Å². The summed E-state index contributed by atoms with van der Waals surface area (Å²) in [5.74, 6) is 0. The number of aromatic nitrogens is 2. The van der Waals surface area contributed by atoms with Gasteiger partial charge in [0.2, 0.25) is 0 Å². The maximum Gasteiger partial charge on any atom is 0.258 e. The molecular weight excluding hydrogens is 244 g/mol. The quantitative estimate of drug-likeness (QED) is 0.619. The number of aliphatic hydroxyl groups excluding tert-OH is 1. The summed E-state index contributed by atoms with van der Waals surface area (Å²) in [5.41, 5.74) is 0.259. The molecule has 3 N–H and O–H groups in total. The SMILES string of the molecule is CC(CN(C)C)NS(=O)(=O)c1[nH]ncc1CO. The number of aromatic amines is 1. The van der Waals surface area contributed by atoms with Gasteiger partial charge in [-0.25, -0.2) is 13.1 Å². The van der Waals surface area contributed by atoms with Gasteiger partial charge in [0, 0.05) is 18.2 Å². The van der Waals surface area contributed by atoms with Crippen LogP contribution in [0, 0.1) is 0 Å². The van der Waals surface area contributed by atoms with E-state index in [1.165, 1.54) is 6.20 Å². The fraction of sp³-hybridized carbons (Fsp3) is 0.667. The van der Waals surface area contributed by atoms with Crippen LogP contribution in [0.15, 0.2) is 11.2 Å². The molecule has 0 saturated carbocycles. The molecule has 0 fully saturated rings. The van der Waals surface area contributed by atoms with Crippen LogP contribution in [0.25, 0.3) is 0 Å². The van der Waals surface area contributed by atoms with Gasteiger partial charge in [0.05, 0.1) is 12.8 Å². The summed E-state index contributed by atoms with van der Waals surface area (Å²) < 4.78 is 26.4. The van der Waals surface area contributed by atoms with E-state index in [0.717, 1.165) is 0 Å². The molecule has 8 heteroatoms. The highest BCUT2D eigenvalue weighted by atomic mass is 32.2. The lowest BCUT2D eigenvalue weighted by molar-refractivity contribution is 0.278. The highest BCUT2D eigenvalue weighted by Gasteiger charge is 2.22. The van der Waals surface area contributed by atoms with Crippen molar-refractivity contribution >= 4 is 10.0 Å². The third-order valence-corrected chi connectivity index (χ3v) is 3.72. The van der Waals surface area contributed by atoms with Crippen LogP contribution in [0.2, 0.25) is 0 Å². The first-order chi connectivity index (χ1) is 7.86. The summed E-state index contributed by atoms with van der Waals surface area (Å²) in [5, 5.41) is 14.9. The third-order valence-electron chi connectivity index (χ3n) is 2.11. The highest BCUT2D eigenvalue weighted by molar-refractivity contribution is 7.89. The number of hydrogen-bond acceptors (Lipinski definition) is 5. The largest absolute Gasteiger partial charge is 0.392 e. The van der Waals surface area contributed by atoms with E-state index in [2.05, 4.69) is 14.9 Å². The number of hydrogen-bond donors (Lipinski definition) is 3. The van der Waals surface area contributed by atoms with Gasteiger partial charge in [-0.1, -0.05) is 0 Å². The summed E-state index contributed by atoms with van der Waals surface area (Å²) in [7, 11) is 0.0632. The van der Waals surface area contributed by atoms with E-state index in [1.807, 2.05) is 19.0 Å². The normalized spacial score (nSPS) is 14.2. The number of rotatable bonds is 6. The Kier molecular flexibility index (Phi) is 4.63. The molecule has 98 valence electrons. The minimum atomic E-state index is -3.66. The van der Waals surface area contributed by atoms with Gasteiger partial charge in [0.15, 0.2) is 5.03 Å². The molecule has 0 aliphatic carbocycles. The van der Waals surface area contributed by atoms with E-state index in [1.54, 1.807) is 6.92 Å². The third kappa shape index (κ3) is 3.77. The fourth-order valence-electron chi connectivity index (χ4n) is 1.55. The predicted octanol–water partition coefficient (Wildman–Crippen LogP) is -0.870. The fourth-order valence-corrected chi connectivity index (χ4v) is 2.91. The van der Waals surface area contributed by atoms with Crippen LogP contribution in [0.1, 0.15) is 12.5 Å². The number of sulfonamides is 1. The maximum absolute atomic E-state index is 12.0. The van der Waals surface area contributed by atoms with E-state index in [9.17, 15) is 8.42 Å². The number of nitrogens with one attached hydrogen (secondary N) is 2. The molecule has 0 aliphatic rings. The van der Waals surface area contributed by atoms with Crippen LogP contribution < -0.4 is 4.72 Å². The van der Waals surface area contributed by atoms with Crippen LogP contribution in [0.3, 0.4) is 0 Å². The highest BCUT2D eigenvalue weighted by Crippen LogP contribution is 2.11. The van der Waals surface area contributed by atoms with Gasteiger partial charge in [-0.2, -0.15) is 5.10 Å². The van der Waals surface area contributed by atoms with Crippen molar-refractivity contribution in [3.8, 4) is 0 Å². The number of H-pyrrole nitrogens is 1. The van der Waals surface area contributed by atoms with E-state index in [-0.39, 0.29) is 23.2 Å². The zero-order valence-electron chi connectivity index (χ0n) is 10.1. The van der Waals surface area contributed by atoms with E-state index >= 15 is 0 Å². The van der Waals surface area contributed by atoms with Crippen LogP contribution in [-0.4, -0.2) is 55.3 Å². The molecule has 1 unspecified atom stereocenters. The van der Waals surface area contributed by atoms with Crippen LogP contribution in [0.5, 0.6) is 0 Å². The number of nitrogens with zero attached hydrogens (tertiary/aromatic N) is 2. The number of aliphatic hydroxyl groups is 1. The zero-order valence-corrected chi connectivity index (χ0v) is 11.0. The lowest BCUT2D eigenvalue weighted by Gasteiger charge is -2.18. The molecule has 0 amide bonds. The molecule has 1 rings (SSSR count). The Bertz CT molecular complexity index is 455. The van der Waals surface area contributed by atoms with Crippen molar-refractivity contribution in [3.05, 3.63) is 11.8 Å². The molecule has 0 aromatic carbocycles. The molecule has 1 heterocycles. The van der Waals surface area contributed by atoms with Crippen molar-refractivity contribution in [1.29, 1.82) is 0 Å². The summed E-state index contributed by atoms with van der Waals surface area (Å²) in [6.07, 6.45) is 1.30. The molecule has 0 spiro atoms. The van der Waals surface area contributed by atoms with E-state index in [0.29, 0.717) is 6.54 Å². The zero-order chi connectivity index (χ0) is 13.1. The second kappa shape index (κ2) is 5.58. The van der Waals surface area contributed by atoms with Crippen molar-refractivity contribution in [2.45, 2.75) is 24.6 Å². The van der Waals surface area contributed by atoms with Crippen LogP contribution in [-0.2, 0) is 16.6 Å². The minimum Gasteiger partial charge on any atom is -0.392 e. The van der Waals surface area contributed by atoms with Gasteiger partial charge in [-0.05, 0) is 21.0 Å². The predicted molar refractivity (Wildman–Crippen MR) is 62.8 cm³/mol. The van der Waals surface area contributed by atoms with Crippen LogP contribution >= 0.6 is 0 Å². The molecule has 7 nitrogen and oxygen atoms in total. The monoisotopic (exact) mass is 262 g/mol. The lowest BCUT2D eigenvalue weighted by atomic mass is 10.3. The van der Waals surface area contributed by atoms with Crippen molar-refractivity contribution in [1.82, 2.24) is 19.8 Å². The first kappa shape index (κ1) is 14.1. The molecule has 17 heavy (non-hydrogen) atoms. The Morgan fingerprint density at radius 1 is 1.59 bits per heavy atom. The Hall–Kier alpha value is -0.960. The summed E-state index contributed by atoms with van der Waals surface area (Å²) >= 11 is 0. The Morgan fingerprint density at radius 2 is 2.24 bits per heavy atom. The average Bonchev–Trinajstić information content (AvgIpc) is 2.62. The van der Waals surface area contributed by atoms with Crippen LogP contribution in [0.4, 0.5) is 0 Å². The Balaban J connectivity index is 2.82. The molecule has 0 aliphatic heterocycles. The van der Waals surface area contributed by atoms with Gasteiger partial charge in [-0.15, -0.1) is 0 Å². The lowest BCUT2D eigenvalue weighted by Crippen LogP contribution is -2.39. The molecule has 0 bridgehead atoms. The minimum absolute atomic E-state index is 0.0781. The number of likely N-dealkylation sites (N-methyl/N-ethyl adjacent to an activating group) is 1. The Morgan fingerprint density at radius 3 is 2.76 bits per heavy atom. The summed E-state index contributed by atoms with van der Waals surface area (Å²) in [6, 6.07) is -0.232. The maximum atomic E-state index is 12.0. The molecule has 1 aromatic heterocycles. The summed E-state index contributed by atoms with van der Waals surface area (Å²) in [6.45, 7) is 1.99. The van der Waals surface area contributed by atoms with Crippen molar-refractivity contribution < 1.29 is 13.5 Å². The molecular formula is C9H18N4O3S. The summed E-state index contributed by atoms with van der Waals surface area (Å²) in [4.78, 5) is 1.88. The molecule has 0 radical (unpaired) electrons. The molecule has 1 aromatic rings. The van der Waals surface area contributed by atoms with Crippen molar-refractivity contribution in [2.75, 3.05) is 20.6 Å². The molecule has 0 saturated heterocycles. The van der Waals surface area contributed by atoms with Gasteiger partial charge in [0.1, 0.15) is 0 Å². The van der Waals surface area contributed by atoms with Gasteiger partial charge < -0.3 is 10.0 Å². The van der Waals surface area contributed by atoms with Crippen molar-refractivity contribution in [2.24, 2.45) is 0 Å². The standard InChI is InChI=1S/C9H18N4O3S/c1-7(5-13(2)3)12-17(15,16)9-8(6-14)4-10-11-9/h4,7,12,14H,5-6H2,1-3H3,(H,10,11). The first-order valence-corrected chi connectivity index (χ1v) is 6.65. The van der Waals surface area contributed by atoms with E-state index in [4.69, 9.17) is 5.11 Å². The molecule has 1 atom stereocenters. The van der Waals surface area contributed by atoms with Crippen molar-refractivity contribution in [3.63, 3.8) is 0 Å². The second-order valence-corrected chi connectivity index (χ2v) is 5.82.